The maximum absolute atomic E-state index is 13.2. The molecule has 0 unspecified atom stereocenters. The Bertz CT molecular complexity index is 629. The number of carbonyl (C=O) groups is 2. The van der Waals surface area contributed by atoms with Gasteiger partial charge in [0, 0.05) is 26.1 Å². The molecule has 1 atom stereocenters. The van der Waals surface area contributed by atoms with Crippen LogP contribution in [-0.4, -0.2) is 65.3 Å². The average molecular weight is 378 g/mol. The second-order valence-corrected chi connectivity index (χ2v) is 7.51. The molecule has 150 valence electrons. The van der Waals surface area contributed by atoms with E-state index in [1.54, 1.807) is 12.1 Å². The third-order valence-electron chi connectivity index (χ3n) is 5.37. The van der Waals surface area contributed by atoms with Crippen LogP contribution in [0.3, 0.4) is 0 Å². The van der Waals surface area contributed by atoms with Crippen molar-refractivity contribution in [3.05, 3.63) is 35.6 Å². The third kappa shape index (κ3) is 5.76. The predicted molar refractivity (Wildman–Crippen MR) is 105 cm³/mol. The first-order valence-corrected chi connectivity index (χ1v) is 9.89. The Morgan fingerprint density at radius 3 is 2.41 bits per heavy atom. The van der Waals surface area contributed by atoms with Crippen molar-refractivity contribution >= 4 is 11.8 Å². The van der Waals surface area contributed by atoms with Gasteiger partial charge in [-0.05, 0) is 36.7 Å². The number of hydrogen-bond acceptors (Lipinski definition) is 3. The Hall–Kier alpha value is -1.95. The molecule has 1 aliphatic rings. The fraction of sp³-hybridized carbons (Fsp3) is 0.619. The lowest BCUT2D eigenvalue weighted by molar-refractivity contribution is -0.134. The molecule has 1 aromatic carbocycles. The van der Waals surface area contributed by atoms with Gasteiger partial charge in [-0.3, -0.25) is 14.5 Å². The van der Waals surface area contributed by atoms with Crippen LogP contribution >= 0.6 is 0 Å². The zero-order valence-electron chi connectivity index (χ0n) is 16.9. The molecular formula is C21H32FN3O2. The second-order valence-electron chi connectivity index (χ2n) is 7.51. The highest BCUT2D eigenvalue weighted by molar-refractivity contribution is 5.81. The topological polar surface area (TPSA) is 43.9 Å². The fourth-order valence-corrected chi connectivity index (χ4v) is 3.50. The molecule has 27 heavy (non-hydrogen) atoms. The van der Waals surface area contributed by atoms with E-state index in [0.29, 0.717) is 32.6 Å². The Balaban J connectivity index is 2.15. The van der Waals surface area contributed by atoms with Crippen LogP contribution in [0, 0.1) is 11.7 Å². The highest BCUT2D eigenvalue weighted by atomic mass is 19.1. The molecule has 0 saturated carbocycles. The molecule has 0 aliphatic carbocycles. The van der Waals surface area contributed by atoms with Gasteiger partial charge in [-0.15, -0.1) is 0 Å². The van der Waals surface area contributed by atoms with E-state index in [1.165, 1.54) is 12.1 Å². The van der Waals surface area contributed by atoms with E-state index in [4.69, 9.17) is 0 Å². The van der Waals surface area contributed by atoms with E-state index < -0.39 is 0 Å². The van der Waals surface area contributed by atoms with Gasteiger partial charge in [-0.2, -0.15) is 0 Å². The van der Waals surface area contributed by atoms with Crippen molar-refractivity contribution in [2.45, 2.75) is 46.7 Å². The first-order valence-electron chi connectivity index (χ1n) is 9.89. The molecule has 6 heteroatoms. The van der Waals surface area contributed by atoms with Gasteiger partial charge in [0.15, 0.2) is 0 Å². The van der Waals surface area contributed by atoms with Crippen LogP contribution in [0.2, 0.25) is 0 Å². The molecule has 1 heterocycles. The minimum Gasteiger partial charge on any atom is -0.339 e. The number of nitrogens with zero attached hydrogens (tertiary/aromatic N) is 3. The summed E-state index contributed by atoms with van der Waals surface area (Å²) in [5.41, 5.74) is 0.901. The van der Waals surface area contributed by atoms with Crippen molar-refractivity contribution < 1.29 is 14.0 Å². The molecule has 5 nitrogen and oxygen atoms in total. The highest BCUT2D eigenvalue weighted by Crippen LogP contribution is 2.21. The van der Waals surface area contributed by atoms with Gasteiger partial charge in [0.25, 0.3) is 0 Å². The van der Waals surface area contributed by atoms with E-state index in [2.05, 4.69) is 18.7 Å². The molecule has 0 radical (unpaired) electrons. The van der Waals surface area contributed by atoms with E-state index >= 15 is 0 Å². The summed E-state index contributed by atoms with van der Waals surface area (Å²) in [6.07, 6.45) is 0.328. The van der Waals surface area contributed by atoms with Crippen molar-refractivity contribution in [2.75, 3.05) is 32.7 Å². The Morgan fingerprint density at radius 2 is 1.85 bits per heavy atom. The summed E-state index contributed by atoms with van der Waals surface area (Å²) in [5, 5.41) is 0. The molecule has 0 aromatic heterocycles. The standard InChI is InChI=1S/C21H32FN3O2/c1-5-23(6-2)15-21(27)24-12-11-20(26)25(19(14-24)16(3)4)13-17-7-9-18(22)10-8-17/h7-10,16,19H,5-6,11-15H2,1-4H3/t19-/m1/s1. The SMILES string of the molecule is CCN(CC)CC(=O)N1CCC(=O)N(Cc2ccc(F)cc2)[C@@H](C(C)C)C1. The first-order chi connectivity index (χ1) is 12.8. The summed E-state index contributed by atoms with van der Waals surface area (Å²) < 4.78 is 13.2. The molecule has 0 N–H and O–H groups in total. The number of hydrogen-bond donors (Lipinski definition) is 0. The zero-order valence-corrected chi connectivity index (χ0v) is 16.9. The van der Waals surface area contributed by atoms with Crippen LogP contribution in [0.25, 0.3) is 0 Å². The average Bonchev–Trinajstić information content (AvgIpc) is 2.81. The minimum absolute atomic E-state index is 0.0503. The first kappa shape index (κ1) is 21.4. The summed E-state index contributed by atoms with van der Waals surface area (Å²) in [6.45, 7) is 11.8. The number of halogens is 1. The monoisotopic (exact) mass is 377 g/mol. The van der Waals surface area contributed by atoms with Gasteiger partial charge in [0.1, 0.15) is 5.82 Å². The number of carbonyl (C=O) groups excluding carboxylic acids is 2. The molecule has 1 aromatic rings. The largest absolute Gasteiger partial charge is 0.339 e. The van der Waals surface area contributed by atoms with Gasteiger partial charge < -0.3 is 9.80 Å². The van der Waals surface area contributed by atoms with E-state index in [0.717, 1.165) is 18.7 Å². The lowest BCUT2D eigenvalue weighted by Gasteiger charge is -2.35. The molecule has 0 bridgehead atoms. The lowest BCUT2D eigenvalue weighted by atomic mass is 10.0. The van der Waals surface area contributed by atoms with Crippen LogP contribution < -0.4 is 0 Å². The molecule has 1 saturated heterocycles. The number of amides is 2. The molecule has 1 aliphatic heterocycles. The van der Waals surface area contributed by atoms with E-state index in [1.807, 2.05) is 23.6 Å². The third-order valence-corrected chi connectivity index (χ3v) is 5.37. The van der Waals surface area contributed by atoms with E-state index in [-0.39, 0.29) is 29.6 Å². The van der Waals surface area contributed by atoms with Crippen LogP contribution in [0.1, 0.15) is 39.7 Å². The van der Waals surface area contributed by atoms with Crippen LogP contribution in [-0.2, 0) is 16.1 Å². The Morgan fingerprint density at radius 1 is 1.22 bits per heavy atom. The van der Waals surface area contributed by atoms with Crippen LogP contribution in [0.15, 0.2) is 24.3 Å². The second kappa shape index (κ2) is 9.83. The van der Waals surface area contributed by atoms with Gasteiger partial charge in [0.05, 0.1) is 12.6 Å². The highest BCUT2D eigenvalue weighted by Gasteiger charge is 2.33. The van der Waals surface area contributed by atoms with Crippen molar-refractivity contribution in [3.8, 4) is 0 Å². The fourth-order valence-electron chi connectivity index (χ4n) is 3.50. The minimum atomic E-state index is -0.283. The summed E-state index contributed by atoms with van der Waals surface area (Å²) in [7, 11) is 0. The summed E-state index contributed by atoms with van der Waals surface area (Å²) >= 11 is 0. The summed E-state index contributed by atoms with van der Waals surface area (Å²) in [6, 6.07) is 6.22. The maximum Gasteiger partial charge on any atom is 0.236 e. The summed E-state index contributed by atoms with van der Waals surface area (Å²) in [4.78, 5) is 31.4. The molecular weight excluding hydrogens is 345 g/mol. The summed E-state index contributed by atoms with van der Waals surface area (Å²) in [5.74, 6) is 0.0720. The number of benzene rings is 1. The Kier molecular flexibility index (Phi) is 7.78. The van der Waals surface area contributed by atoms with Gasteiger partial charge in [-0.1, -0.05) is 39.8 Å². The maximum atomic E-state index is 13.2. The number of likely N-dealkylation sites (N-methyl/N-ethyl adjacent to an activating group) is 1. The molecule has 2 rings (SSSR count). The normalized spacial score (nSPS) is 18.3. The van der Waals surface area contributed by atoms with Crippen molar-refractivity contribution in [2.24, 2.45) is 5.92 Å². The Labute approximate surface area is 162 Å². The lowest BCUT2D eigenvalue weighted by Crippen LogP contribution is -2.48. The van der Waals surface area contributed by atoms with Crippen LogP contribution in [0.4, 0.5) is 4.39 Å². The van der Waals surface area contributed by atoms with Crippen molar-refractivity contribution in [1.29, 1.82) is 0 Å². The number of rotatable bonds is 7. The molecule has 2 amide bonds. The quantitative estimate of drug-likeness (QED) is 0.734. The van der Waals surface area contributed by atoms with Crippen molar-refractivity contribution in [1.82, 2.24) is 14.7 Å². The van der Waals surface area contributed by atoms with Gasteiger partial charge >= 0.3 is 0 Å². The van der Waals surface area contributed by atoms with Crippen LogP contribution in [0.5, 0.6) is 0 Å². The predicted octanol–water partition coefficient (Wildman–Crippen LogP) is 2.75. The van der Waals surface area contributed by atoms with Crippen molar-refractivity contribution in [3.63, 3.8) is 0 Å². The van der Waals surface area contributed by atoms with Gasteiger partial charge in [-0.25, -0.2) is 4.39 Å². The molecule has 0 spiro atoms. The smallest absolute Gasteiger partial charge is 0.236 e. The molecule has 1 fully saturated rings. The zero-order chi connectivity index (χ0) is 20.0. The van der Waals surface area contributed by atoms with E-state index in [9.17, 15) is 14.0 Å². The van der Waals surface area contributed by atoms with Gasteiger partial charge in [0.2, 0.25) is 11.8 Å².